The van der Waals surface area contributed by atoms with Gasteiger partial charge in [0.1, 0.15) is 11.9 Å². The number of benzene rings is 1. The fourth-order valence-electron chi connectivity index (χ4n) is 3.61. The number of amides is 1. The van der Waals surface area contributed by atoms with E-state index in [0.717, 1.165) is 56.0 Å². The van der Waals surface area contributed by atoms with Gasteiger partial charge in [0.2, 0.25) is 0 Å². The number of piperazine rings is 1. The van der Waals surface area contributed by atoms with Gasteiger partial charge < -0.3 is 14.6 Å². The number of carbonyl (C=O) groups is 1. The molecule has 3 heterocycles. The standard InChI is InChI=1S/C18H24N4O2/c1-13-6-11-24-17(13)18(23)22-9-7-21(8-10-22)12-16-19-14-4-2-3-5-15(14)20-16/h2-5,13,17H,6-12H2,1H3,(H,19,20)/t13-,17+/m0/s1. The van der Waals surface area contributed by atoms with Crippen molar-refractivity contribution >= 4 is 16.9 Å². The summed E-state index contributed by atoms with van der Waals surface area (Å²) in [7, 11) is 0. The third-order valence-corrected chi connectivity index (χ3v) is 5.13. The molecule has 2 atom stereocenters. The third kappa shape index (κ3) is 3.03. The number of rotatable bonds is 3. The Labute approximate surface area is 141 Å². The molecule has 0 saturated carbocycles. The van der Waals surface area contributed by atoms with E-state index in [-0.39, 0.29) is 12.0 Å². The second-order valence-electron chi connectivity index (χ2n) is 6.86. The molecule has 0 radical (unpaired) electrons. The maximum absolute atomic E-state index is 12.6. The highest BCUT2D eigenvalue weighted by Crippen LogP contribution is 2.22. The fourth-order valence-corrected chi connectivity index (χ4v) is 3.61. The average molecular weight is 328 g/mol. The lowest BCUT2D eigenvalue weighted by atomic mass is 10.0. The number of hydrogen-bond donors (Lipinski definition) is 1. The van der Waals surface area contributed by atoms with Gasteiger partial charge in [0.05, 0.1) is 17.6 Å². The molecular weight excluding hydrogens is 304 g/mol. The molecule has 2 fully saturated rings. The predicted molar refractivity (Wildman–Crippen MR) is 91.5 cm³/mol. The molecule has 0 aliphatic carbocycles. The van der Waals surface area contributed by atoms with E-state index in [1.807, 2.05) is 29.2 Å². The molecule has 0 unspecified atom stereocenters. The largest absolute Gasteiger partial charge is 0.368 e. The molecule has 4 rings (SSSR count). The number of carbonyl (C=O) groups excluding carboxylic acids is 1. The SMILES string of the molecule is C[C@H]1CCO[C@H]1C(=O)N1CCN(Cc2nc3ccccc3[nH]2)CC1. The van der Waals surface area contributed by atoms with Crippen LogP contribution in [0.2, 0.25) is 0 Å². The van der Waals surface area contributed by atoms with Crippen LogP contribution in [0.1, 0.15) is 19.2 Å². The molecule has 0 bridgehead atoms. The average Bonchev–Trinajstić information content (AvgIpc) is 3.20. The summed E-state index contributed by atoms with van der Waals surface area (Å²) in [6.45, 7) is 6.91. The Bertz CT molecular complexity index is 688. The molecule has 128 valence electrons. The van der Waals surface area contributed by atoms with Crippen LogP contribution >= 0.6 is 0 Å². The van der Waals surface area contributed by atoms with Crippen molar-refractivity contribution in [3.05, 3.63) is 30.1 Å². The maximum Gasteiger partial charge on any atom is 0.252 e. The van der Waals surface area contributed by atoms with E-state index in [4.69, 9.17) is 4.74 Å². The minimum Gasteiger partial charge on any atom is -0.368 e. The summed E-state index contributed by atoms with van der Waals surface area (Å²) in [6.07, 6.45) is 0.759. The number of aromatic amines is 1. The monoisotopic (exact) mass is 328 g/mol. The second-order valence-corrected chi connectivity index (χ2v) is 6.86. The van der Waals surface area contributed by atoms with Crippen molar-refractivity contribution in [1.82, 2.24) is 19.8 Å². The van der Waals surface area contributed by atoms with E-state index in [1.165, 1.54) is 0 Å². The van der Waals surface area contributed by atoms with Crippen LogP contribution < -0.4 is 0 Å². The van der Waals surface area contributed by atoms with Crippen molar-refractivity contribution in [1.29, 1.82) is 0 Å². The molecule has 0 spiro atoms. The molecule has 2 saturated heterocycles. The number of H-pyrrole nitrogens is 1. The molecule has 2 aliphatic heterocycles. The zero-order valence-corrected chi connectivity index (χ0v) is 14.1. The van der Waals surface area contributed by atoms with Crippen molar-refractivity contribution in [2.45, 2.75) is 26.0 Å². The van der Waals surface area contributed by atoms with E-state index in [1.54, 1.807) is 0 Å². The maximum atomic E-state index is 12.6. The van der Waals surface area contributed by atoms with E-state index < -0.39 is 0 Å². The lowest BCUT2D eigenvalue weighted by Gasteiger charge is -2.35. The summed E-state index contributed by atoms with van der Waals surface area (Å²) in [6, 6.07) is 8.09. The molecule has 6 nitrogen and oxygen atoms in total. The van der Waals surface area contributed by atoms with Gasteiger partial charge >= 0.3 is 0 Å². The zero-order chi connectivity index (χ0) is 16.5. The van der Waals surface area contributed by atoms with Crippen LogP contribution in [0.3, 0.4) is 0 Å². The quantitative estimate of drug-likeness (QED) is 0.930. The van der Waals surface area contributed by atoms with Crippen LogP contribution in [-0.2, 0) is 16.1 Å². The van der Waals surface area contributed by atoms with Gasteiger partial charge in [-0.15, -0.1) is 0 Å². The van der Waals surface area contributed by atoms with Gasteiger partial charge in [-0.1, -0.05) is 19.1 Å². The van der Waals surface area contributed by atoms with E-state index in [2.05, 4.69) is 21.8 Å². The minimum absolute atomic E-state index is 0.170. The first-order chi connectivity index (χ1) is 11.7. The number of nitrogens with one attached hydrogen (secondary N) is 1. The second kappa shape index (κ2) is 6.53. The van der Waals surface area contributed by atoms with Gasteiger partial charge in [-0.2, -0.15) is 0 Å². The zero-order valence-electron chi connectivity index (χ0n) is 14.1. The first-order valence-corrected chi connectivity index (χ1v) is 8.77. The van der Waals surface area contributed by atoms with Crippen molar-refractivity contribution in [3.63, 3.8) is 0 Å². The van der Waals surface area contributed by atoms with Crippen molar-refractivity contribution < 1.29 is 9.53 Å². The van der Waals surface area contributed by atoms with Gasteiger partial charge in [0.15, 0.2) is 0 Å². The lowest BCUT2D eigenvalue weighted by molar-refractivity contribution is -0.144. The summed E-state index contributed by atoms with van der Waals surface area (Å²) < 4.78 is 5.62. The first-order valence-electron chi connectivity index (χ1n) is 8.77. The van der Waals surface area contributed by atoms with Gasteiger partial charge in [-0.25, -0.2) is 4.98 Å². The third-order valence-electron chi connectivity index (χ3n) is 5.13. The highest BCUT2D eigenvalue weighted by atomic mass is 16.5. The molecular formula is C18H24N4O2. The van der Waals surface area contributed by atoms with Gasteiger partial charge in [-0.3, -0.25) is 9.69 Å². The van der Waals surface area contributed by atoms with Crippen molar-refractivity contribution in [3.8, 4) is 0 Å². The van der Waals surface area contributed by atoms with Crippen LogP contribution in [0.4, 0.5) is 0 Å². The molecule has 24 heavy (non-hydrogen) atoms. The molecule has 2 aliphatic rings. The lowest BCUT2D eigenvalue weighted by Crippen LogP contribution is -2.51. The summed E-state index contributed by atoms with van der Waals surface area (Å²) >= 11 is 0. The molecule has 6 heteroatoms. The summed E-state index contributed by atoms with van der Waals surface area (Å²) in [5.41, 5.74) is 2.09. The smallest absolute Gasteiger partial charge is 0.252 e. The van der Waals surface area contributed by atoms with Crippen LogP contribution in [0.25, 0.3) is 11.0 Å². The van der Waals surface area contributed by atoms with Crippen LogP contribution in [0.15, 0.2) is 24.3 Å². The Kier molecular flexibility index (Phi) is 4.24. The van der Waals surface area contributed by atoms with Gasteiger partial charge in [-0.05, 0) is 24.5 Å². The predicted octanol–water partition coefficient (Wildman–Crippen LogP) is 1.63. The first kappa shape index (κ1) is 15.6. The van der Waals surface area contributed by atoms with Crippen LogP contribution in [0.5, 0.6) is 0 Å². The minimum atomic E-state index is -0.230. The number of nitrogens with zero attached hydrogens (tertiary/aromatic N) is 3. The highest BCUT2D eigenvalue weighted by Gasteiger charge is 2.35. The van der Waals surface area contributed by atoms with Gasteiger partial charge in [0, 0.05) is 32.8 Å². The summed E-state index contributed by atoms with van der Waals surface area (Å²) in [5, 5.41) is 0. The number of imidazole rings is 1. The molecule has 1 aromatic heterocycles. The molecule has 1 aromatic carbocycles. The van der Waals surface area contributed by atoms with E-state index in [0.29, 0.717) is 12.5 Å². The topological polar surface area (TPSA) is 61.5 Å². The molecule has 2 aromatic rings. The normalized spacial score (nSPS) is 25.5. The van der Waals surface area contributed by atoms with Gasteiger partial charge in [0.25, 0.3) is 5.91 Å². The van der Waals surface area contributed by atoms with E-state index in [9.17, 15) is 4.79 Å². The van der Waals surface area contributed by atoms with Crippen molar-refractivity contribution in [2.24, 2.45) is 5.92 Å². The highest BCUT2D eigenvalue weighted by molar-refractivity contribution is 5.81. The molecule has 1 amide bonds. The number of fused-ring (bicyclic) bond motifs is 1. The Morgan fingerprint density at radius 2 is 2.08 bits per heavy atom. The Morgan fingerprint density at radius 1 is 1.29 bits per heavy atom. The summed E-state index contributed by atoms with van der Waals surface area (Å²) in [4.78, 5) is 24.9. The van der Waals surface area contributed by atoms with Crippen LogP contribution in [-0.4, -0.2) is 64.6 Å². The Balaban J connectivity index is 1.33. The summed E-state index contributed by atoms with van der Waals surface area (Å²) in [5.74, 6) is 1.50. The fraction of sp³-hybridized carbons (Fsp3) is 0.556. The number of para-hydroxylation sites is 2. The Morgan fingerprint density at radius 3 is 2.79 bits per heavy atom. The number of hydrogen-bond acceptors (Lipinski definition) is 4. The Hall–Kier alpha value is -1.92. The van der Waals surface area contributed by atoms with E-state index >= 15 is 0 Å². The number of aromatic nitrogens is 2. The van der Waals surface area contributed by atoms with Crippen molar-refractivity contribution in [2.75, 3.05) is 32.8 Å². The van der Waals surface area contributed by atoms with Crippen LogP contribution in [0, 0.1) is 5.92 Å². The number of ether oxygens (including phenoxy) is 1. The molecule has 1 N–H and O–H groups in total.